The first kappa shape index (κ1) is 16.8. The monoisotopic (exact) mass is 355 g/mol. The Kier molecular flexibility index (Phi) is 4.33. The Bertz CT molecular complexity index is 1020. The normalized spacial score (nSPS) is 11.2. The molecule has 0 bridgehead atoms. The molecule has 0 aliphatic carbocycles. The van der Waals surface area contributed by atoms with Crippen molar-refractivity contribution < 1.29 is 13.5 Å². The zero-order valence-electron chi connectivity index (χ0n) is 13.5. The molecule has 128 valence electrons. The van der Waals surface area contributed by atoms with E-state index in [9.17, 15) is 13.5 Å². The van der Waals surface area contributed by atoms with E-state index >= 15 is 0 Å². The van der Waals surface area contributed by atoms with Gasteiger partial charge in [-0.2, -0.15) is 0 Å². The van der Waals surface area contributed by atoms with Crippen LogP contribution in [0.3, 0.4) is 0 Å². The Hall–Kier alpha value is -3.06. The van der Waals surface area contributed by atoms with E-state index in [-0.39, 0.29) is 16.5 Å². The lowest BCUT2D eigenvalue weighted by atomic mass is 10.1. The number of nitrogens with one attached hydrogen (secondary N) is 1. The molecule has 0 aliphatic rings. The molecule has 25 heavy (non-hydrogen) atoms. The summed E-state index contributed by atoms with van der Waals surface area (Å²) in [7, 11) is -3.83. The Morgan fingerprint density at radius 3 is 2.44 bits per heavy atom. The van der Waals surface area contributed by atoms with Crippen LogP contribution in [0.5, 0.6) is 5.75 Å². The van der Waals surface area contributed by atoms with Gasteiger partial charge in [-0.05, 0) is 53.9 Å². The van der Waals surface area contributed by atoms with Crippen molar-refractivity contribution in [2.45, 2.75) is 11.8 Å². The van der Waals surface area contributed by atoms with E-state index in [1.165, 1.54) is 12.3 Å². The number of nitrogens with zero attached hydrogens (tertiary/aromatic N) is 1. The molecule has 0 saturated heterocycles. The number of aromatic hydroxyl groups is 1. The van der Waals surface area contributed by atoms with Gasteiger partial charge in [-0.3, -0.25) is 4.72 Å². The van der Waals surface area contributed by atoms with Gasteiger partial charge in [-0.15, -0.1) is 0 Å². The number of phenols is 1. The number of anilines is 2. The van der Waals surface area contributed by atoms with E-state index in [1.54, 1.807) is 49.4 Å². The molecule has 2 aromatic carbocycles. The molecular formula is C18H17N3O3S. The zero-order chi connectivity index (χ0) is 18.0. The van der Waals surface area contributed by atoms with Crippen LogP contribution in [0.2, 0.25) is 0 Å². The Morgan fingerprint density at radius 2 is 1.76 bits per heavy atom. The standard InChI is InChI=1S/C18H17N3O3S/c1-12-9-17(18(19)20-11-12)25(23,24)21-15-7-5-13(6-8-15)14-3-2-4-16(22)10-14/h2-11,21-22H,1H3,(H2,19,20). The van der Waals surface area contributed by atoms with Crippen molar-refractivity contribution in [3.05, 3.63) is 66.4 Å². The van der Waals surface area contributed by atoms with Gasteiger partial charge in [-0.1, -0.05) is 24.3 Å². The molecule has 3 rings (SSSR count). The number of sulfonamides is 1. The van der Waals surface area contributed by atoms with Crippen LogP contribution in [-0.4, -0.2) is 18.5 Å². The van der Waals surface area contributed by atoms with Crippen LogP contribution < -0.4 is 10.5 Å². The third kappa shape index (κ3) is 3.72. The highest BCUT2D eigenvalue weighted by Gasteiger charge is 2.18. The predicted molar refractivity (Wildman–Crippen MR) is 97.7 cm³/mol. The van der Waals surface area contributed by atoms with Gasteiger partial charge in [-0.25, -0.2) is 13.4 Å². The summed E-state index contributed by atoms with van der Waals surface area (Å²) in [5.41, 5.74) is 8.49. The molecule has 0 atom stereocenters. The number of rotatable bonds is 4. The first-order valence-corrected chi connectivity index (χ1v) is 8.98. The maximum absolute atomic E-state index is 12.5. The molecule has 1 heterocycles. The van der Waals surface area contributed by atoms with Crippen LogP contribution in [-0.2, 0) is 10.0 Å². The molecule has 3 aromatic rings. The number of nitrogens with two attached hydrogens (primary N) is 1. The molecular weight excluding hydrogens is 338 g/mol. The summed E-state index contributed by atoms with van der Waals surface area (Å²) in [4.78, 5) is 3.83. The third-order valence-corrected chi connectivity index (χ3v) is 5.04. The van der Waals surface area contributed by atoms with Gasteiger partial charge in [0.1, 0.15) is 16.5 Å². The van der Waals surface area contributed by atoms with Crippen molar-refractivity contribution >= 4 is 21.5 Å². The fourth-order valence-corrected chi connectivity index (χ4v) is 3.62. The number of nitrogen functional groups attached to an aromatic ring is 1. The number of aromatic nitrogens is 1. The van der Waals surface area contributed by atoms with Crippen LogP contribution in [0.1, 0.15) is 5.56 Å². The van der Waals surface area contributed by atoms with Gasteiger partial charge >= 0.3 is 0 Å². The maximum Gasteiger partial charge on any atom is 0.265 e. The van der Waals surface area contributed by atoms with E-state index in [2.05, 4.69) is 9.71 Å². The Labute approximate surface area is 146 Å². The van der Waals surface area contributed by atoms with E-state index < -0.39 is 10.0 Å². The van der Waals surface area contributed by atoms with Gasteiger partial charge in [0.25, 0.3) is 10.0 Å². The Morgan fingerprint density at radius 1 is 1.04 bits per heavy atom. The average molecular weight is 355 g/mol. The zero-order valence-corrected chi connectivity index (χ0v) is 14.3. The summed E-state index contributed by atoms with van der Waals surface area (Å²) in [6.45, 7) is 1.75. The molecule has 0 aliphatic heterocycles. The lowest BCUT2D eigenvalue weighted by molar-refractivity contribution is 0.475. The molecule has 7 heteroatoms. The lowest BCUT2D eigenvalue weighted by Crippen LogP contribution is -2.15. The second-order valence-electron chi connectivity index (χ2n) is 5.63. The van der Waals surface area contributed by atoms with Gasteiger partial charge in [0.2, 0.25) is 0 Å². The first-order chi connectivity index (χ1) is 11.8. The van der Waals surface area contributed by atoms with Crippen LogP contribution in [0, 0.1) is 6.92 Å². The second kappa shape index (κ2) is 6.45. The van der Waals surface area contributed by atoms with E-state index in [0.29, 0.717) is 11.3 Å². The van der Waals surface area contributed by atoms with Crippen molar-refractivity contribution in [1.82, 2.24) is 4.98 Å². The van der Waals surface area contributed by atoms with Gasteiger partial charge in [0.05, 0.1) is 0 Å². The Balaban J connectivity index is 1.87. The fourth-order valence-electron chi connectivity index (χ4n) is 2.39. The van der Waals surface area contributed by atoms with Crippen LogP contribution in [0.25, 0.3) is 11.1 Å². The summed E-state index contributed by atoms with van der Waals surface area (Å²) >= 11 is 0. The van der Waals surface area contributed by atoms with E-state index in [4.69, 9.17) is 5.73 Å². The van der Waals surface area contributed by atoms with Crippen molar-refractivity contribution in [2.75, 3.05) is 10.5 Å². The van der Waals surface area contributed by atoms with Crippen LogP contribution in [0.15, 0.2) is 65.7 Å². The van der Waals surface area contributed by atoms with Gasteiger partial charge in [0.15, 0.2) is 0 Å². The van der Waals surface area contributed by atoms with Crippen molar-refractivity contribution in [1.29, 1.82) is 0 Å². The molecule has 0 fully saturated rings. The molecule has 0 unspecified atom stereocenters. The van der Waals surface area contributed by atoms with Crippen LogP contribution in [0.4, 0.5) is 11.5 Å². The molecule has 0 amide bonds. The topological polar surface area (TPSA) is 105 Å². The summed E-state index contributed by atoms with van der Waals surface area (Å²) in [6, 6.07) is 15.1. The molecule has 0 spiro atoms. The number of hydrogen-bond acceptors (Lipinski definition) is 5. The molecule has 1 aromatic heterocycles. The largest absolute Gasteiger partial charge is 0.508 e. The summed E-state index contributed by atoms with van der Waals surface area (Å²) in [5.74, 6) is 0.124. The highest BCUT2D eigenvalue weighted by atomic mass is 32.2. The number of aryl methyl sites for hydroxylation is 1. The molecule has 0 radical (unpaired) electrons. The smallest absolute Gasteiger partial charge is 0.265 e. The maximum atomic E-state index is 12.5. The predicted octanol–water partition coefficient (Wildman–Crippen LogP) is 3.15. The van der Waals surface area contributed by atoms with E-state index in [1.807, 2.05) is 6.07 Å². The summed E-state index contributed by atoms with van der Waals surface area (Å²) < 4.78 is 27.5. The second-order valence-corrected chi connectivity index (χ2v) is 7.28. The highest BCUT2D eigenvalue weighted by molar-refractivity contribution is 7.92. The van der Waals surface area contributed by atoms with Crippen molar-refractivity contribution in [2.24, 2.45) is 0 Å². The van der Waals surface area contributed by atoms with Crippen LogP contribution >= 0.6 is 0 Å². The number of hydrogen-bond donors (Lipinski definition) is 3. The number of benzene rings is 2. The summed E-state index contributed by atoms with van der Waals surface area (Å²) in [6.07, 6.45) is 1.51. The minimum atomic E-state index is -3.83. The molecule has 6 nitrogen and oxygen atoms in total. The van der Waals surface area contributed by atoms with E-state index in [0.717, 1.165) is 11.1 Å². The highest BCUT2D eigenvalue weighted by Crippen LogP contribution is 2.26. The average Bonchev–Trinajstić information content (AvgIpc) is 2.57. The number of pyridine rings is 1. The van der Waals surface area contributed by atoms with Gasteiger partial charge in [0, 0.05) is 11.9 Å². The number of phenolic OH excluding ortho intramolecular Hbond substituents is 1. The van der Waals surface area contributed by atoms with Crippen molar-refractivity contribution in [3.63, 3.8) is 0 Å². The van der Waals surface area contributed by atoms with Crippen molar-refractivity contribution in [3.8, 4) is 16.9 Å². The minimum Gasteiger partial charge on any atom is -0.508 e. The third-order valence-electron chi connectivity index (χ3n) is 3.62. The molecule has 4 N–H and O–H groups in total. The quantitative estimate of drug-likeness (QED) is 0.667. The lowest BCUT2D eigenvalue weighted by Gasteiger charge is -2.11. The fraction of sp³-hybridized carbons (Fsp3) is 0.0556. The SMILES string of the molecule is Cc1cnc(N)c(S(=O)(=O)Nc2ccc(-c3cccc(O)c3)cc2)c1. The molecule has 0 saturated carbocycles. The minimum absolute atomic E-state index is 0.0468. The summed E-state index contributed by atoms with van der Waals surface area (Å²) in [5, 5.41) is 9.55. The van der Waals surface area contributed by atoms with Gasteiger partial charge < -0.3 is 10.8 Å². The first-order valence-electron chi connectivity index (χ1n) is 7.49.